The summed E-state index contributed by atoms with van der Waals surface area (Å²) in [6, 6.07) is 1.59. The second-order valence-corrected chi connectivity index (χ2v) is 7.18. The quantitative estimate of drug-likeness (QED) is 0.794. The molecule has 1 aliphatic carbocycles. The summed E-state index contributed by atoms with van der Waals surface area (Å²) >= 11 is 0. The molecule has 0 aromatic carbocycles. The smallest absolute Gasteiger partial charge is 0.270 e. The van der Waals surface area contributed by atoms with Gasteiger partial charge in [0, 0.05) is 37.0 Å². The summed E-state index contributed by atoms with van der Waals surface area (Å²) in [6.45, 7) is 0. The number of amides is 1. The molecule has 0 spiro atoms. The maximum atomic E-state index is 12.2. The molecule has 18 heavy (non-hydrogen) atoms. The van der Waals surface area contributed by atoms with Gasteiger partial charge in [0.1, 0.15) is 10.6 Å². The van der Waals surface area contributed by atoms with Crippen molar-refractivity contribution in [1.29, 1.82) is 0 Å². The first-order valence-electron chi connectivity index (χ1n) is 5.69. The Morgan fingerprint density at radius 3 is 2.50 bits per heavy atom. The lowest BCUT2D eigenvalue weighted by Gasteiger charge is -2.34. The molecule has 2 rings (SSSR count). The molecule has 100 valence electrons. The van der Waals surface area contributed by atoms with E-state index in [-0.39, 0.29) is 16.8 Å². The van der Waals surface area contributed by atoms with Crippen LogP contribution in [-0.4, -0.2) is 36.9 Å². The highest BCUT2D eigenvalue weighted by atomic mass is 35.7. The zero-order valence-corrected chi connectivity index (χ0v) is 11.8. The van der Waals surface area contributed by atoms with Gasteiger partial charge in [0.15, 0.2) is 0 Å². The van der Waals surface area contributed by atoms with Crippen molar-refractivity contribution < 1.29 is 13.2 Å². The lowest BCUT2D eigenvalue weighted by molar-refractivity contribution is 0.0642. The first-order valence-corrected chi connectivity index (χ1v) is 8.00. The van der Waals surface area contributed by atoms with Gasteiger partial charge >= 0.3 is 0 Å². The van der Waals surface area contributed by atoms with Gasteiger partial charge in [-0.1, -0.05) is 0 Å². The summed E-state index contributed by atoms with van der Waals surface area (Å²) in [7, 11) is 4.84. The maximum absolute atomic E-state index is 12.2. The van der Waals surface area contributed by atoms with Crippen LogP contribution in [0, 0.1) is 0 Å². The topological polar surface area (TPSA) is 59.4 Å². The van der Waals surface area contributed by atoms with Crippen LogP contribution in [0.4, 0.5) is 0 Å². The van der Waals surface area contributed by atoms with Crippen LogP contribution in [0.1, 0.15) is 29.8 Å². The second kappa shape index (κ2) is 4.59. The van der Waals surface area contributed by atoms with Gasteiger partial charge in [-0.15, -0.1) is 0 Å². The molecule has 1 amide bonds. The minimum atomic E-state index is -3.79. The number of carbonyl (C=O) groups is 1. The third-order valence-corrected chi connectivity index (χ3v) is 4.74. The van der Waals surface area contributed by atoms with Gasteiger partial charge in [-0.25, -0.2) is 8.42 Å². The van der Waals surface area contributed by atoms with E-state index in [4.69, 9.17) is 10.7 Å². The Kier molecular flexibility index (Phi) is 3.42. The van der Waals surface area contributed by atoms with Crippen molar-refractivity contribution >= 4 is 25.6 Å². The third kappa shape index (κ3) is 2.40. The van der Waals surface area contributed by atoms with Crippen molar-refractivity contribution in [2.24, 2.45) is 7.05 Å². The Labute approximate surface area is 111 Å². The van der Waals surface area contributed by atoms with Gasteiger partial charge in [0.2, 0.25) is 0 Å². The Morgan fingerprint density at radius 2 is 2.11 bits per heavy atom. The molecule has 0 radical (unpaired) electrons. The second-order valence-electron chi connectivity index (χ2n) is 4.61. The highest BCUT2D eigenvalue weighted by molar-refractivity contribution is 8.13. The predicted molar refractivity (Wildman–Crippen MR) is 68.2 cm³/mol. The average molecular weight is 291 g/mol. The van der Waals surface area contributed by atoms with E-state index in [1.165, 1.54) is 16.8 Å². The number of aromatic nitrogens is 1. The monoisotopic (exact) mass is 290 g/mol. The predicted octanol–water partition coefficient (Wildman–Crippen LogP) is 1.58. The van der Waals surface area contributed by atoms with Gasteiger partial charge in [0.25, 0.3) is 15.0 Å². The van der Waals surface area contributed by atoms with Crippen LogP contribution in [0.2, 0.25) is 0 Å². The van der Waals surface area contributed by atoms with E-state index in [2.05, 4.69) is 0 Å². The Balaban J connectivity index is 2.28. The lowest BCUT2D eigenvalue weighted by atomic mass is 9.92. The molecule has 5 nitrogen and oxygen atoms in total. The molecule has 0 unspecified atom stereocenters. The van der Waals surface area contributed by atoms with Crippen molar-refractivity contribution in [3.8, 4) is 0 Å². The van der Waals surface area contributed by atoms with Gasteiger partial charge in [0.05, 0.1) is 0 Å². The summed E-state index contributed by atoms with van der Waals surface area (Å²) in [5.74, 6) is -0.172. The molecule has 1 heterocycles. The summed E-state index contributed by atoms with van der Waals surface area (Å²) in [6.07, 6.45) is 4.50. The summed E-state index contributed by atoms with van der Waals surface area (Å²) < 4.78 is 23.9. The molecular weight excluding hydrogens is 276 g/mol. The largest absolute Gasteiger partial charge is 0.345 e. The summed E-state index contributed by atoms with van der Waals surface area (Å²) in [4.78, 5) is 13.8. The highest BCUT2D eigenvalue weighted by Gasteiger charge is 2.28. The van der Waals surface area contributed by atoms with E-state index in [1.807, 2.05) is 0 Å². The number of nitrogens with zero attached hydrogens (tertiary/aromatic N) is 2. The van der Waals surface area contributed by atoms with Crippen LogP contribution in [0.5, 0.6) is 0 Å². The van der Waals surface area contributed by atoms with Crippen molar-refractivity contribution in [2.45, 2.75) is 30.2 Å². The molecule has 0 saturated heterocycles. The van der Waals surface area contributed by atoms with E-state index in [1.54, 1.807) is 19.0 Å². The number of rotatable bonds is 3. The fraction of sp³-hybridized carbons (Fsp3) is 0.545. The zero-order chi connectivity index (χ0) is 13.5. The first-order chi connectivity index (χ1) is 8.30. The van der Waals surface area contributed by atoms with E-state index in [0.717, 1.165) is 19.3 Å². The van der Waals surface area contributed by atoms with Gasteiger partial charge < -0.3 is 9.47 Å². The average Bonchev–Trinajstić information content (AvgIpc) is 2.56. The molecule has 1 aromatic heterocycles. The summed E-state index contributed by atoms with van der Waals surface area (Å²) in [5, 5.41) is 0. The van der Waals surface area contributed by atoms with E-state index >= 15 is 0 Å². The number of hydrogen-bond donors (Lipinski definition) is 0. The van der Waals surface area contributed by atoms with Crippen LogP contribution in [0.25, 0.3) is 0 Å². The van der Waals surface area contributed by atoms with Crippen LogP contribution in [0.15, 0.2) is 17.2 Å². The minimum Gasteiger partial charge on any atom is -0.345 e. The molecule has 0 atom stereocenters. The van der Waals surface area contributed by atoms with Crippen LogP contribution in [-0.2, 0) is 16.1 Å². The molecule has 0 aliphatic heterocycles. The molecule has 1 aromatic rings. The molecule has 7 heteroatoms. The number of carbonyl (C=O) groups excluding carboxylic acids is 1. The van der Waals surface area contributed by atoms with Crippen molar-refractivity contribution in [1.82, 2.24) is 9.47 Å². The molecular formula is C11H15ClN2O3S. The number of hydrogen-bond acceptors (Lipinski definition) is 3. The van der Waals surface area contributed by atoms with Crippen LogP contribution < -0.4 is 0 Å². The molecule has 0 bridgehead atoms. The number of aryl methyl sites for hydroxylation is 1. The minimum absolute atomic E-state index is 0.0444. The van der Waals surface area contributed by atoms with Crippen molar-refractivity contribution in [3.05, 3.63) is 18.0 Å². The number of halogens is 1. The fourth-order valence-electron chi connectivity index (χ4n) is 2.00. The van der Waals surface area contributed by atoms with E-state index in [9.17, 15) is 13.2 Å². The lowest BCUT2D eigenvalue weighted by Crippen LogP contribution is -2.41. The van der Waals surface area contributed by atoms with Gasteiger partial charge in [-0.3, -0.25) is 4.79 Å². The maximum Gasteiger partial charge on any atom is 0.270 e. The van der Waals surface area contributed by atoms with Gasteiger partial charge in [-0.05, 0) is 25.3 Å². The van der Waals surface area contributed by atoms with Crippen molar-refractivity contribution in [2.75, 3.05) is 7.05 Å². The SMILES string of the molecule is CN(C(=O)c1cc(S(=O)(=O)Cl)cn1C)C1CCC1. The highest BCUT2D eigenvalue weighted by Crippen LogP contribution is 2.26. The Bertz CT molecular complexity index is 575. The fourth-order valence-corrected chi connectivity index (χ4v) is 2.79. The third-order valence-electron chi connectivity index (χ3n) is 3.42. The first kappa shape index (κ1) is 13.4. The van der Waals surface area contributed by atoms with E-state index in [0.29, 0.717) is 5.69 Å². The summed E-state index contributed by atoms with van der Waals surface area (Å²) in [5.41, 5.74) is 0.337. The normalized spacial score (nSPS) is 16.4. The van der Waals surface area contributed by atoms with Crippen LogP contribution in [0.3, 0.4) is 0 Å². The molecule has 1 fully saturated rings. The molecule has 0 N–H and O–H groups in total. The van der Waals surface area contributed by atoms with Crippen molar-refractivity contribution in [3.63, 3.8) is 0 Å². The molecule has 1 saturated carbocycles. The Hall–Kier alpha value is -1.01. The standard InChI is InChI=1S/C11H15ClN2O3S/c1-13-7-9(18(12,16)17)6-10(13)11(15)14(2)8-4-3-5-8/h6-8H,3-5H2,1-2H3. The zero-order valence-electron chi connectivity index (χ0n) is 10.3. The van der Waals surface area contributed by atoms with Gasteiger partial charge in [-0.2, -0.15) is 0 Å². The Morgan fingerprint density at radius 1 is 1.50 bits per heavy atom. The van der Waals surface area contributed by atoms with Crippen LogP contribution >= 0.6 is 10.7 Å². The van der Waals surface area contributed by atoms with E-state index < -0.39 is 9.05 Å². The molecule has 1 aliphatic rings.